The first kappa shape index (κ1) is 8.66. The van der Waals surface area contributed by atoms with E-state index < -0.39 is 5.54 Å². The minimum Gasteiger partial charge on any atom is -0.394 e. The lowest BCUT2D eigenvalue weighted by atomic mass is 10.1. The second-order valence-corrected chi connectivity index (χ2v) is 2.47. The van der Waals surface area contributed by atoms with Crippen molar-refractivity contribution in [3.05, 3.63) is 12.2 Å². The van der Waals surface area contributed by atoms with Gasteiger partial charge in [-0.1, -0.05) is 19.1 Å². The number of nitrogens with two attached hydrogens (primary N) is 1. The van der Waals surface area contributed by atoms with Gasteiger partial charge in [0.2, 0.25) is 0 Å². The second kappa shape index (κ2) is 3.64. The quantitative estimate of drug-likeness (QED) is 0.550. The maximum absolute atomic E-state index is 8.64. The monoisotopic (exact) mass is 129 g/mol. The molecule has 0 radical (unpaired) electrons. The summed E-state index contributed by atoms with van der Waals surface area (Å²) in [6.45, 7) is 3.83. The third kappa shape index (κ3) is 4.18. The van der Waals surface area contributed by atoms with Gasteiger partial charge in [0.05, 0.1) is 12.1 Å². The van der Waals surface area contributed by atoms with Crippen molar-refractivity contribution >= 4 is 0 Å². The maximum atomic E-state index is 8.64. The van der Waals surface area contributed by atoms with Crippen LogP contribution in [0.15, 0.2) is 12.2 Å². The van der Waals surface area contributed by atoms with Crippen LogP contribution >= 0.6 is 0 Å². The molecule has 0 heterocycles. The molecule has 0 saturated heterocycles. The third-order valence-corrected chi connectivity index (χ3v) is 1.07. The fraction of sp³-hybridized carbons (Fsp3) is 0.714. The summed E-state index contributed by atoms with van der Waals surface area (Å²) in [6.07, 6.45) is 4.75. The van der Waals surface area contributed by atoms with Gasteiger partial charge in [-0.05, 0) is 13.3 Å². The first-order chi connectivity index (χ1) is 4.12. The molecule has 0 aromatic carbocycles. The highest BCUT2D eigenvalue weighted by molar-refractivity contribution is 5.00. The molecule has 0 aromatic heterocycles. The van der Waals surface area contributed by atoms with Gasteiger partial charge in [-0.15, -0.1) is 0 Å². The van der Waals surface area contributed by atoms with Crippen molar-refractivity contribution in [3.8, 4) is 0 Å². The van der Waals surface area contributed by atoms with E-state index in [1.165, 1.54) is 0 Å². The third-order valence-electron chi connectivity index (χ3n) is 1.07. The molecule has 0 aliphatic carbocycles. The standard InChI is InChI=1S/C7H15NO/c1-3-4-5-7(2,8)6-9/h4-5,9H,3,6,8H2,1-2H3/b5-4+. The van der Waals surface area contributed by atoms with E-state index in [9.17, 15) is 0 Å². The van der Waals surface area contributed by atoms with Gasteiger partial charge in [-0.3, -0.25) is 0 Å². The molecule has 9 heavy (non-hydrogen) atoms. The van der Waals surface area contributed by atoms with Gasteiger partial charge >= 0.3 is 0 Å². The number of hydrogen-bond acceptors (Lipinski definition) is 2. The highest BCUT2D eigenvalue weighted by Gasteiger charge is 2.10. The van der Waals surface area contributed by atoms with Crippen LogP contribution in [0.25, 0.3) is 0 Å². The minimum atomic E-state index is -0.532. The Kier molecular flexibility index (Phi) is 3.50. The van der Waals surface area contributed by atoms with Crippen LogP contribution in [0.3, 0.4) is 0 Å². The molecule has 0 aliphatic heterocycles. The highest BCUT2D eigenvalue weighted by atomic mass is 16.3. The summed E-state index contributed by atoms with van der Waals surface area (Å²) in [4.78, 5) is 0. The lowest BCUT2D eigenvalue weighted by molar-refractivity contribution is 0.238. The fourth-order valence-electron chi connectivity index (χ4n) is 0.440. The van der Waals surface area contributed by atoms with Crippen LogP contribution in [0.4, 0.5) is 0 Å². The summed E-state index contributed by atoms with van der Waals surface area (Å²) in [5.74, 6) is 0. The van der Waals surface area contributed by atoms with Crippen LogP contribution in [0.5, 0.6) is 0 Å². The molecular weight excluding hydrogens is 114 g/mol. The largest absolute Gasteiger partial charge is 0.394 e. The van der Waals surface area contributed by atoms with Crippen LogP contribution in [-0.4, -0.2) is 17.3 Å². The molecule has 0 fully saturated rings. The average Bonchev–Trinajstić information content (AvgIpc) is 1.84. The maximum Gasteiger partial charge on any atom is 0.0644 e. The van der Waals surface area contributed by atoms with Crippen molar-refractivity contribution in [2.24, 2.45) is 5.73 Å². The van der Waals surface area contributed by atoms with Crippen LogP contribution < -0.4 is 5.73 Å². The molecule has 0 spiro atoms. The number of rotatable bonds is 3. The molecule has 2 heteroatoms. The molecule has 54 valence electrons. The average molecular weight is 129 g/mol. The van der Waals surface area contributed by atoms with Crippen molar-refractivity contribution in [3.63, 3.8) is 0 Å². The Morgan fingerprint density at radius 2 is 2.22 bits per heavy atom. The van der Waals surface area contributed by atoms with Gasteiger partial charge in [0.1, 0.15) is 0 Å². The molecule has 1 unspecified atom stereocenters. The number of hydrogen-bond donors (Lipinski definition) is 2. The van der Waals surface area contributed by atoms with E-state index in [2.05, 4.69) is 0 Å². The summed E-state index contributed by atoms with van der Waals surface area (Å²) in [7, 11) is 0. The number of aliphatic hydroxyl groups excluding tert-OH is 1. The summed E-state index contributed by atoms with van der Waals surface area (Å²) < 4.78 is 0. The van der Waals surface area contributed by atoms with E-state index in [-0.39, 0.29) is 6.61 Å². The molecule has 2 nitrogen and oxygen atoms in total. The summed E-state index contributed by atoms with van der Waals surface area (Å²) in [5.41, 5.74) is 5.03. The number of allylic oxidation sites excluding steroid dienone is 1. The molecule has 0 saturated carbocycles. The molecule has 0 bridgehead atoms. The molecule has 1 atom stereocenters. The van der Waals surface area contributed by atoms with Gasteiger partial charge in [0.15, 0.2) is 0 Å². The first-order valence-corrected chi connectivity index (χ1v) is 3.20. The molecule has 0 aromatic rings. The van der Waals surface area contributed by atoms with Gasteiger partial charge in [-0.2, -0.15) is 0 Å². The van der Waals surface area contributed by atoms with Gasteiger partial charge in [0.25, 0.3) is 0 Å². The van der Waals surface area contributed by atoms with Gasteiger partial charge in [-0.25, -0.2) is 0 Å². The topological polar surface area (TPSA) is 46.2 Å². The zero-order valence-electron chi connectivity index (χ0n) is 6.09. The van der Waals surface area contributed by atoms with Crippen LogP contribution in [0.1, 0.15) is 20.3 Å². The van der Waals surface area contributed by atoms with Crippen molar-refractivity contribution in [1.29, 1.82) is 0 Å². The lowest BCUT2D eigenvalue weighted by Crippen LogP contribution is -2.37. The first-order valence-electron chi connectivity index (χ1n) is 3.20. The van der Waals surface area contributed by atoms with Gasteiger partial charge in [0, 0.05) is 0 Å². The summed E-state index contributed by atoms with van der Waals surface area (Å²) in [6, 6.07) is 0. The highest BCUT2D eigenvalue weighted by Crippen LogP contribution is 1.99. The number of aliphatic hydroxyl groups is 1. The van der Waals surface area contributed by atoms with Crippen molar-refractivity contribution in [2.75, 3.05) is 6.61 Å². The molecule has 0 aliphatic rings. The Labute approximate surface area is 56.4 Å². The Bertz CT molecular complexity index is 97.1. The van der Waals surface area contributed by atoms with E-state index in [4.69, 9.17) is 10.8 Å². The molecule has 0 rings (SSSR count). The Morgan fingerprint density at radius 1 is 1.67 bits per heavy atom. The van der Waals surface area contributed by atoms with Gasteiger partial charge < -0.3 is 10.8 Å². The summed E-state index contributed by atoms with van der Waals surface area (Å²) in [5, 5.41) is 8.64. The summed E-state index contributed by atoms with van der Waals surface area (Å²) >= 11 is 0. The van der Waals surface area contributed by atoms with Crippen molar-refractivity contribution < 1.29 is 5.11 Å². The smallest absolute Gasteiger partial charge is 0.0644 e. The van der Waals surface area contributed by atoms with Crippen molar-refractivity contribution in [1.82, 2.24) is 0 Å². The van der Waals surface area contributed by atoms with E-state index >= 15 is 0 Å². The van der Waals surface area contributed by atoms with Crippen LogP contribution in [0, 0.1) is 0 Å². The van der Waals surface area contributed by atoms with E-state index in [0.717, 1.165) is 6.42 Å². The van der Waals surface area contributed by atoms with E-state index in [1.54, 1.807) is 6.92 Å². The Hall–Kier alpha value is -0.340. The van der Waals surface area contributed by atoms with E-state index in [0.29, 0.717) is 0 Å². The fourth-order valence-corrected chi connectivity index (χ4v) is 0.440. The minimum absolute atomic E-state index is 0.00347. The predicted molar refractivity (Wildman–Crippen MR) is 39.1 cm³/mol. The second-order valence-electron chi connectivity index (χ2n) is 2.47. The van der Waals surface area contributed by atoms with Crippen LogP contribution in [0.2, 0.25) is 0 Å². The normalized spacial score (nSPS) is 18.2. The Morgan fingerprint density at radius 3 is 2.56 bits per heavy atom. The Balaban J connectivity index is 3.70. The lowest BCUT2D eigenvalue weighted by Gasteiger charge is -2.15. The van der Waals surface area contributed by atoms with Crippen LogP contribution in [-0.2, 0) is 0 Å². The van der Waals surface area contributed by atoms with E-state index in [1.807, 2.05) is 19.1 Å². The molecule has 0 amide bonds. The zero-order valence-corrected chi connectivity index (χ0v) is 6.09. The predicted octanol–water partition coefficient (Wildman–Crippen LogP) is 0.662. The molecule has 3 N–H and O–H groups in total. The van der Waals surface area contributed by atoms with Crippen molar-refractivity contribution in [2.45, 2.75) is 25.8 Å². The molecular formula is C7H15NO. The zero-order chi connectivity index (χ0) is 7.33. The SMILES string of the molecule is CC/C=C/C(C)(N)CO.